The smallest absolute Gasteiger partial charge is 0.225 e. The van der Waals surface area contributed by atoms with Gasteiger partial charge in [-0.15, -0.1) is 6.42 Å². The number of benzene rings is 1. The highest BCUT2D eigenvalue weighted by molar-refractivity contribution is 5.79. The molecule has 0 aliphatic heterocycles. The van der Waals surface area contributed by atoms with Crippen molar-refractivity contribution in [1.29, 1.82) is 0 Å². The Hall–Kier alpha value is -2.15. The Morgan fingerprint density at radius 3 is 2.58 bits per heavy atom. The van der Waals surface area contributed by atoms with Gasteiger partial charge in [-0.2, -0.15) is 0 Å². The summed E-state index contributed by atoms with van der Waals surface area (Å²) in [7, 11) is 3.14. The van der Waals surface area contributed by atoms with Crippen LogP contribution < -0.4 is 14.8 Å². The predicted molar refractivity (Wildman–Crippen MR) is 74.3 cm³/mol. The van der Waals surface area contributed by atoms with Crippen LogP contribution in [0, 0.1) is 12.3 Å². The van der Waals surface area contributed by atoms with Gasteiger partial charge in [-0.25, -0.2) is 0 Å². The Bertz CT molecular complexity index is 477. The van der Waals surface area contributed by atoms with Crippen molar-refractivity contribution in [3.05, 3.63) is 23.8 Å². The van der Waals surface area contributed by atoms with Crippen LogP contribution in [0.2, 0.25) is 0 Å². The maximum absolute atomic E-state index is 11.8. The Kier molecular flexibility index (Phi) is 5.74. The molecule has 0 bridgehead atoms. The fraction of sp³-hybridized carbons (Fsp3) is 0.400. The van der Waals surface area contributed by atoms with Gasteiger partial charge < -0.3 is 14.8 Å². The van der Waals surface area contributed by atoms with E-state index in [-0.39, 0.29) is 18.4 Å². The zero-order valence-corrected chi connectivity index (χ0v) is 11.5. The molecule has 1 aromatic rings. The first-order valence-electron chi connectivity index (χ1n) is 6.11. The van der Waals surface area contributed by atoms with E-state index < -0.39 is 0 Å². The third kappa shape index (κ3) is 4.22. The van der Waals surface area contributed by atoms with Crippen LogP contribution in [-0.2, 0) is 11.2 Å². The Morgan fingerprint density at radius 1 is 1.37 bits per heavy atom. The summed E-state index contributed by atoms with van der Waals surface area (Å²) in [5.74, 6) is 3.68. The number of hydrogen-bond acceptors (Lipinski definition) is 3. The van der Waals surface area contributed by atoms with Crippen LogP contribution in [0.1, 0.15) is 18.9 Å². The van der Waals surface area contributed by atoms with Crippen LogP contribution in [0.25, 0.3) is 0 Å². The van der Waals surface area contributed by atoms with Crippen molar-refractivity contribution in [1.82, 2.24) is 5.32 Å². The van der Waals surface area contributed by atoms with E-state index in [1.807, 2.05) is 13.0 Å². The van der Waals surface area contributed by atoms with Gasteiger partial charge in [-0.1, -0.05) is 18.9 Å². The summed E-state index contributed by atoms with van der Waals surface area (Å²) in [4.78, 5) is 11.8. The molecule has 0 aliphatic carbocycles. The molecule has 1 amide bonds. The molecule has 0 fully saturated rings. The monoisotopic (exact) mass is 261 g/mol. The van der Waals surface area contributed by atoms with Gasteiger partial charge in [0.2, 0.25) is 5.91 Å². The van der Waals surface area contributed by atoms with Gasteiger partial charge in [0.25, 0.3) is 0 Å². The number of rotatable bonds is 6. The summed E-state index contributed by atoms with van der Waals surface area (Å²) in [6, 6.07) is 5.18. The van der Waals surface area contributed by atoms with E-state index in [4.69, 9.17) is 15.9 Å². The maximum Gasteiger partial charge on any atom is 0.225 e. The summed E-state index contributed by atoms with van der Waals surface area (Å²) >= 11 is 0. The van der Waals surface area contributed by atoms with Crippen LogP contribution in [0.5, 0.6) is 11.5 Å². The lowest BCUT2D eigenvalue weighted by Gasteiger charge is -2.12. The van der Waals surface area contributed by atoms with Crippen molar-refractivity contribution >= 4 is 5.91 Å². The van der Waals surface area contributed by atoms with Crippen molar-refractivity contribution < 1.29 is 14.3 Å². The average Bonchev–Trinajstić information content (AvgIpc) is 2.44. The van der Waals surface area contributed by atoms with Gasteiger partial charge in [0.15, 0.2) is 11.5 Å². The second-order valence-electron chi connectivity index (χ2n) is 4.06. The topological polar surface area (TPSA) is 47.6 Å². The second kappa shape index (κ2) is 7.32. The second-order valence-corrected chi connectivity index (χ2v) is 4.06. The number of carbonyl (C=O) groups is 1. The normalized spacial score (nSPS) is 11.3. The average molecular weight is 261 g/mol. The first-order valence-corrected chi connectivity index (χ1v) is 6.11. The van der Waals surface area contributed by atoms with E-state index in [9.17, 15) is 4.79 Å². The van der Waals surface area contributed by atoms with Crippen molar-refractivity contribution in [3.8, 4) is 23.8 Å². The molecule has 1 aromatic carbocycles. The van der Waals surface area contributed by atoms with Crippen molar-refractivity contribution in [3.63, 3.8) is 0 Å². The molecule has 0 spiro atoms. The SMILES string of the molecule is C#CC(CC)NC(=O)Cc1ccc(OC)c(OC)c1. The quantitative estimate of drug-likeness (QED) is 0.794. The summed E-state index contributed by atoms with van der Waals surface area (Å²) in [5.41, 5.74) is 0.849. The van der Waals surface area contributed by atoms with Gasteiger partial charge in [-0.05, 0) is 24.1 Å². The zero-order valence-electron chi connectivity index (χ0n) is 11.5. The minimum Gasteiger partial charge on any atom is -0.493 e. The highest BCUT2D eigenvalue weighted by Crippen LogP contribution is 2.27. The first-order chi connectivity index (χ1) is 9.14. The van der Waals surface area contributed by atoms with Crippen molar-refractivity contribution in [2.24, 2.45) is 0 Å². The molecule has 102 valence electrons. The molecule has 0 aromatic heterocycles. The third-order valence-electron chi connectivity index (χ3n) is 2.76. The summed E-state index contributed by atoms with van der Waals surface area (Å²) in [6.07, 6.45) is 6.29. The Balaban J connectivity index is 2.72. The number of ether oxygens (including phenoxy) is 2. The standard InChI is InChI=1S/C15H19NO3/c1-5-12(6-2)16-15(17)10-11-7-8-13(18-3)14(9-11)19-4/h1,7-9,12H,6,10H2,2-4H3,(H,16,17). The Labute approximate surface area is 114 Å². The highest BCUT2D eigenvalue weighted by Gasteiger charge is 2.10. The Morgan fingerprint density at radius 2 is 2.05 bits per heavy atom. The van der Waals surface area contributed by atoms with Crippen LogP contribution in [0.15, 0.2) is 18.2 Å². The van der Waals surface area contributed by atoms with Crippen molar-refractivity contribution in [2.75, 3.05) is 14.2 Å². The van der Waals surface area contributed by atoms with Gasteiger partial charge in [-0.3, -0.25) is 4.79 Å². The lowest BCUT2D eigenvalue weighted by atomic mass is 10.1. The fourth-order valence-corrected chi connectivity index (χ4v) is 1.68. The predicted octanol–water partition coefficient (Wildman–Crippen LogP) is 1.77. The molecule has 0 heterocycles. The minimum atomic E-state index is -0.215. The van der Waals surface area contributed by atoms with E-state index in [2.05, 4.69) is 11.2 Å². The molecule has 4 heteroatoms. The minimum absolute atomic E-state index is 0.1000. The van der Waals surface area contributed by atoms with Gasteiger partial charge >= 0.3 is 0 Å². The van der Waals surface area contributed by atoms with Crippen molar-refractivity contribution in [2.45, 2.75) is 25.8 Å². The molecular weight excluding hydrogens is 242 g/mol. The number of nitrogens with one attached hydrogen (secondary N) is 1. The largest absolute Gasteiger partial charge is 0.493 e. The number of carbonyl (C=O) groups excluding carboxylic acids is 1. The van der Waals surface area contributed by atoms with E-state index in [0.29, 0.717) is 17.9 Å². The molecular formula is C15H19NO3. The van der Waals surface area contributed by atoms with E-state index in [0.717, 1.165) is 5.56 Å². The van der Waals surface area contributed by atoms with Gasteiger partial charge in [0.05, 0.1) is 26.7 Å². The van der Waals surface area contributed by atoms with Gasteiger partial charge in [0, 0.05) is 0 Å². The number of amides is 1. The third-order valence-corrected chi connectivity index (χ3v) is 2.76. The molecule has 0 saturated carbocycles. The molecule has 0 aliphatic rings. The van der Waals surface area contributed by atoms with E-state index in [1.165, 1.54) is 0 Å². The molecule has 19 heavy (non-hydrogen) atoms. The summed E-state index contributed by atoms with van der Waals surface area (Å²) < 4.78 is 10.3. The number of terminal acetylenes is 1. The molecule has 0 saturated heterocycles. The van der Waals surface area contributed by atoms with E-state index in [1.54, 1.807) is 26.4 Å². The van der Waals surface area contributed by atoms with Gasteiger partial charge in [0.1, 0.15) is 0 Å². The molecule has 0 radical (unpaired) electrons. The molecule has 1 rings (SSSR count). The number of methoxy groups -OCH3 is 2. The summed E-state index contributed by atoms with van der Waals surface area (Å²) in [5, 5.41) is 2.78. The fourth-order valence-electron chi connectivity index (χ4n) is 1.68. The van der Waals surface area contributed by atoms with E-state index >= 15 is 0 Å². The molecule has 1 unspecified atom stereocenters. The zero-order chi connectivity index (χ0) is 14.3. The van der Waals surface area contributed by atoms with Crippen LogP contribution in [-0.4, -0.2) is 26.2 Å². The molecule has 1 N–H and O–H groups in total. The number of hydrogen-bond donors (Lipinski definition) is 1. The molecule has 4 nitrogen and oxygen atoms in total. The van der Waals surface area contributed by atoms with Crippen LogP contribution in [0.3, 0.4) is 0 Å². The first kappa shape index (κ1) is 14.9. The summed E-state index contributed by atoms with van der Waals surface area (Å²) in [6.45, 7) is 1.93. The lowest BCUT2D eigenvalue weighted by Crippen LogP contribution is -2.34. The van der Waals surface area contributed by atoms with Crippen LogP contribution >= 0.6 is 0 Å². The maximum atomic E-state index is 11.8. The highest BCUT2D eigenvalue weighted by atomic mass is 16.5. The lowest BCUT2D eigenvalue weighted by molar-refractivity contribution is -0.120. The van der Waals surface area contributed by atoms with Crippen LogP contribution in [0.4, 0.5) is 0 Å². The molecule has 1 atom stereocenters.